The van der Waals surface area contributed by atoms with Crippen LogP contribution in [-0.4, -0.2) is 44.9 Å². The average molecular weight is 280 g/mol. The largest absolute Gasteiger partial charge is 0.485 e. The first-order valence-corrected chi connectivity index (χ1v) is 7.13. The lowest BCUT2D eigenvalue weighted by molar-refractivity contribution is -0.896. The molecule has 0 amide bonds. The maximum Gasteiger partial charge on any atom is 0.351 e. The summed E-state index contributed by atoms with van der Waals surface area (Å²) in [6.07, 6.45) is -0.670. The number of carbonyl (C=O) groups is 1. The van der Waals surface area contributed by atoms with E-state index in [1.54, 1.807) is 6.07 Å². The van der Waals surface area contributed by atoms with Crippen molar-refractivity contribution in [3.8, 4) is 11.5 Å². The molecule has 5 nitrogen and oxygen atoms in total. The molecule has 0 unspecified atom stereocenters. The number of hydrogen-bond acceptors (Lipinski definition) is 4. The highest BCUT2D eigenvalue weighted by Gasteiger charge is 2.28. The van der Waals surface area contributed by atoms with Crippen LogP contribution in [0.2, 0.25) is 0 Å². The summed E-state index contributed by atoms with van der Waals surface area (Å²) in [5, 5.41) is 0. The number of likely N-dealkylation sites (N-methyl/N-ethyl adjacent to an activating group) is 1. The van der Waals surface area contributed by atoms with Crippen molar-refractivity contribution >= 4 is 5.97 Å². The molecule has 0 radical (unpaired) electrons. The summed E-state index contributed by atoms with van der Waals surface area (Å²) in [5.74, 6) is 0.908. The first-order chi connectivity index (χ1) is 9.74. The molecule has 1 heterocycles. The summed E-state index contributed by atoms with van der Waals surface area (Å²) in [6, 6.07) is 7.32. The smallest absolute Gasteiger partial charge is 0.351 e. The van der Waals surface area contributed by atoms with Gasteiger partial charge in [0.15, 0.2) is 11.5 Å². The van der Waals surface area contributed by atoms with Crippen LogP contribution < -0.4 is 14.4 Å². The van der Waals surface area contributed by atoms with Gasteiger partial charge in [-0.1, -0.05) is 12.1 Å². The highest BCUT2D eigenvalue weighted by molar-refractivity contribution is 5.75. The number of para-hydroxylation sites is 2. The zero-order chi connectivity index (χ0) is 14.4. The van der Waals surface area contributed by atoms with E-state index in [1.807, 2.05) is 18.2 Å². The summed E-state index contributed by atoms with van der Waals surface area (Å²) >= 11 is 0. The average Bonchev–Trinajstić information content (AvgIpc) is 2.51. The molecular formula is C15H22NO4+. The minimum absolute atomic E-state index is 0.202. The van der Waals surface area contributed by atoms with Crippen LogP contribution in [0, 0.1) is 0 Å². The standard InChI is InChI=1S/C15H21NO4/c1-3-16(4-2)9-10-18-15(17)14-11-19-12-7-5-6-8-13(12)20-14/h5-8,14H,3-4,9-11H2,1-2H3/p+1/t14-/m0/s1. The summed E-state index contributed by atoms with van der Waals surface area (Å²) in [4.78, 5) is 13.3. The normalized spacial score (nSPS) is 17.1. The minimum Gasteiger partial charge on any atom is -0.485 e. The van der Waals surface area contributed by atoms with Gasteiger partial charge in [0.1, 0.15) is 19.8 Å². The van der Waals surface area contributed by atoms with Gasteiger partial charge in [0, 0.05) is 0 Å². The Morgan fingerprint density at radius 2 is 2.00 bits per heavy atom. The Labute approximate surface area is 119 Å². The third kappa shape index (κ3) is 3.63. The molecule has 1 aliphatic heterocycles. The number of carbonyl (C=O) groups excluding carboxylic acids is 1. The SMILES string of the molecule is CC[NH+](CC)CCOC(=O)[C@@H]1COc2ccccc2O1. The third-order valence-electron chi connectivity index (χ3n) is 3.47. The van der Waals surface area contributed by atoms with Gasteiger partial charge in [-0.05, 0) is 26.0 Å². The van der Waals surface area contributed by atoms with E-state index in [-0.39, 0.29) is 12.6 Å². The Balaban J connectivity index is 1.80. The van der Waals surface area contributed by atoms with E-state index in [0.29, 0.717) is 18.1 Å². The Hall–Kier alpha value is -1.75. The predicted octanol–water partition coefficient (Wildman–Crippen LogP) is 0.294. The number of esters is 1. The summed E-state index contributed by atoms with van der Waals surface area (Å²) in [6.45, 7) is 7.74. The number of ether oxygens (including phenoxy) is 3. The molecule has 0 spiro atoms. The minimum atomic E-state index is -0.670. The Morgan fingerprint density at radius 1 is 1.30 bits per heavy atom. The van der Waals surface area contributed by atoms with E-state index in [4.69, 9.17) is 14.2 Å². The lowest BCUT2D eigenvalue weighted by Crippen LogP contribution is -3.11. The van der Waals surface area contributed by atoms with Gasteiger partial charge in [-0.25, -0.2) is 4.79 Å². The number of benzene rings is 1. The van der Waals surface area contributed by atoms with Crippen molar-refractivity contribution in [3.05, 3.63) is 24.3 Å². The molecule has 1 aliphatic rings. The fraction of sp³-hybridized carbons (Fsp3) is 0.533. The number of nitrogens with one attached hydrogen (secondary N) is 1. The highest BCUT2D eigenvalue weighted by atomic mass is 16.6. The molecule has 2 rings (SSSR count). The van der Waals surface area contributed by atoms with Crippen molar-refractivity contribution < 1.29 is 23.9 Å². The summed E-state index contributed by atoms with van der Waals surface area (Å²) in [7, 11) is 0. The molecule has 20 heavy (non-hydrogen) atoms. The van der Waals surface area contributed by atoms with Gasteiger partial charge in [-0.3, -0.25) is 0 Å². The second kappa shape index (κ2) is 7.14. The van der Waals surface area contributed by atoms with E-state index in [9.17, 15) is 4.79 Å². The van der Waals surface area contributed by atoms with Crippen molar-refractivity contribution in [3.63, 3.8) is 0 Å². The van der Waals surface area contributed by atoms with Gasteiger partial charge in [0.05, 0.1) is 13.1 Å². The van der Waals surface area contributed by atoms with E-state index >= 15 is 0 Å². The Bertz CT molecular complexity index is 445. The van der Waals surface area contributed by atoms with Crippen LogP contribution in [0.4, 0.5) is 0 Å². The fourth-order valence-corrected chi connectivity index (χ4v) is 2.13. The molecule has 0 aromatic heterocycles. The van der Waals surface area contributed by atoms with E-state index < -0.39 is 6.10 Å². The van der Waals surface area contributed by atoms with Crippen molar-refractivity contribution in [1.82, 2.24) is 0 Å². The number of rotatable bonds is 6. The van der Waals surface area contributed by atoms with E-state index in [0.717, 1.165) is 19.6 Å². The zero-order valence-corrected chi connectivity index (χ0v) is 12.1. The van der Waals surface area contributed by atoms with Crippen molar-refractivity contribution in [2.75, 3.05) is 32.8 Å². The number of hydrogen-bond donors (Lipinski definition) is 1. The molecule has 0 saturated carbocycles. The first-order valence-electron chi connectivity index (χ1n) is 7.13. The summed E-state index contributed by atoms with van der Waals surface area (Å²) < 4.78 is 16.4. The van der Waals surface area contributed by atoms with Crippen molar-refractivity contribution in [1.29, 1.82) is 0 Å². The third-order valence-corrected chi connectivity index (χ3v) is 3.47. The fourth-order valence-electron chi connectivity index (χ4n) is 2.13. The van der Waals surface area contributed by atoms with Crippen LogP contribution in [0.1, 0.15) is 13.8 Å². The van der Waals surface area contributed by atoms with Crippen molar-refractivity contribution in [2.24, 2.45) is 0 Å². The number of fused-ring (bicyclic) bond motifs is 1. The Kier molecular flexibility index (Phi) is 5.24. The van der Waals surface area contributed by atoms with Crippen molar-refractivity contribution in [2.45, 2.75) is 20.0 Å². The van der Waals surface area contributed by atoms with Gasteiger partial charge < -0.3 is 19.1 Å². The van der Waals surface area contributed by atoms with Gasteiger partial charge in [-0.15, -0.1) is 0 Å². The van der Waals surface area contributed by atoms with Crippen LogP contribution >= 0.6 is 0 Å². The molecule has 0 aliphatic carbocycles. The van der Waals surface area contributed by atoms with Crippen LogP contribution in [-0.2, 0) is 9.53 Å². The van der Waals surface area contributed by atoms with Crippen LogP contribution in [0.5, 0.6) is 11.5 Å². The first kappa shape index (κ1) is 14.7. The van der Waals surface area contributed by atoms with Crippen LogP contribution in [0.25, 0.3) is 0 Å². The highest BCUT2D eigenvalue weighted by Crippen LogP contribution is 2.30. The molecule has 0 fully saturated rings. The molecule has 1 N–H and O–H groups in total. The van der Waals surface area contributed by atoms with Gasteiger partial charge in [0.2, 0.25) is 6.10 Å². The van der Waals surface area contributed by atoms with Crippen LogP contribution in [0.3, 0.4) is 0 Å². The van der Waals surface area contributed by atoms with Gasteiger partial charge >= 0.3 is 5.97 Å². The predicted molar refractivity (Wildman–Crippen MR) is 74.2 cm³/mol. The van der Waals surface area contributed by atoms with E-state index in [2.05, 4.69) is 13.8 Å². The molecule has 0 saturated heterocycles. The molecule has 0 bridgehead atoms. The second-order valence-electron chi connectivity index (χ2n) is 4.74. The maximum absolute atomic E-state index is 11.9. The lowest BCUT2D eigenvalue weighted by atomic mass is 10.2. The topological polar surface area (TPSA) is 49.2 Å². The zero-order valence-electron chi connectivity index (χ0n) is 12.1. The van der Waals surface area contributed by atoms with E-state index in [1.165, 1.54) is 4.90 Å². The molecule has 110 valence electrons. The molecule has 1 atom stereocenters. The second-order valence-corrected chi connectivity index (χ2v) is 4.74. The molecule has 1 aromatic rings. The lowest BCUT2D eigenvalue weighted by Gasteiger charge is -2.25. The molecule has 5 heteroatoms. The monoisotopic (exact) mass is 280 g/mol. The summed E-state index contributed by atoms with van der Waals surface area (Å²) in [5.41, 5.74) is 0. The molecular weight excluding hydrogens is 258 g/mol. The van der Waals surface area contributed by atoms with Gasteiger partial charge in [-0.2, -0.15) is 0 Å². The van der Waals surface area contributed by atoms with Gasteiger partial charge in [0.25, 0.3) is 0 Å². The quantitative estimate of drug-likeness (QED) is 0.761. The van der Waals surface area contributed by atoms with Crippen LogP contribution in [0.15, 0.2) is 24.3 Å². The molecule has 1 aromatic carbocycles. The maximum atomic E-state index is 11.9. The number of quaternary nitrogens is 1. The Morgan fingerprint density at radius 3 is 2.70 bits per heavy atom.